The second-order valence-corrected chi connectivity index (χ2v) is 10.9. The van der Waals surface area contributed by atoms with Gasteiger partial charge in [0, 0.05) is 11.7 Å². The molecule has 2 atom stereocenters. The number of amides is 1. The molecule has 0 spiro atoms. The fourth-order valence-corrected chi connectivity index (χ4v) is 5.49. The average molecular weight is 564 g/mol. The number of amidine groups is 1. The van der Waals surface area contributed by atoms with Crippen LogP contribution in [0.15, 0.2) is 75.9 Å². The molecule has 0 aliphatic carbocycles. The maximum atomic E-state index is 13.4. The number of carbonyl (C=O) groups is 2. The van der Waals surface area contributed by atoms with E-state index in [9.17, 15) is 9.59 Å². The van der Waals surface area contributed by atoms with Gasteiger partial charge in [0.25, 0.3) is 0 Å². The van der Waals surface area contributed by atoms with Crippen molar-refractivity contribution in [2.24, 2.45) is 4.99 Å². The summed E-state index contributed by atoms with van der Waals surface area (Å²) in [6.07, 6.45) is 0.698. The van der Waals surface area contributed by atoms with Crippen molar-refractivity contribution in [2.45, 2.75) is 72.3 Å². The van der Waals surface area contributed by atoms with Gasteiger partial charge in [-0.1, -0.05) is 55.1 Å². The normalized spacial score (nSPS) is 17.2. The third kappa shape index (κ3) is 6.70. The van der Waals surface area contributed by atoms with E-state index in [2.05, 4.69) is 5.32 Å². The summed E-state index contributed by atoms with van der Waals surface area (Å²) in [6, 6.07) is 15.1. The molecule has 0 fully saturated rings. The minimum atomic E-state index is -0.562. The number of rotatable bonds is 11. The number of allylic oxidation sites excluding steroid dienone is 1. The molecule has 1 N–H and O–H groups in total. The van der Waals surface area contributed by atoms with Crippen LogP contribution in [0.25, 0.3) is 0 Å². The summed E-state index contributed by atoms with van der Waals surface area (Å²) in [5.41, 5.74) is 3.60. The number of thioether (sulfide) groups is 1. The van der Waals surface area contributed by atoms with Gasteiger partial charge < -0.3 is 24.4 Å². The van der Waals surface area contributed by atoms with E-state index in [1.165, 1.54) is 11.8 Å². The Morgan fingerprint density at radius 3 is 2.52 bits per heavy atom. The Morgan fingerprint density at radius 1 is 1.10 bits per heavy atom. The molecule has 0 saturated carbocycles. The van der Waals surface area contributed by atoms with Crippen molar-refractivity contribution in [2.75, 3.05) is 7.11 Å². The zero-order valence-electron chi connectivity index (χ0n) is 23.9. The molecule has 1 amide bonds. The third-order valence-corrected chi connectivity index (χ3v) is 7.55. The van der Waals surface area contributed by atoms with Gasteiger partial charge in [-0.3, -0.25) is 4.79 Å². The molecule has 2 aliphatic rings. The molecule has 2 aromatic carbocycles. The lowest BCUT2D eigenvalue weighted by Crippen LogP contribution is -2.39. The van der Waals surface area contributed by atoms with Gasteiger partial charge in [-0.05, 0) is 62.8 Å². The Hall–Kier alpha value is -3.72. The summed E-state index contributed by atoms with van der Waals surface area (Å²) in [4.78, 5) is 33.0. The molecule has 0 aromatic heterocycles. The number of nitrogens with one attached hydrogen (secondary N) is 1. The van der Waals surface area contributed by atoms with E-state index in [1.807, 2.05) is 93.5 Å². The Labute approximate surface area is 240 Å². The first-order chi connectivity index (χ1) is 19.2. The van der Waals surface area contributed by atoms with Gasteiger partial charge in [0.2, 0.25) is 5.91 Å². The summed E-state index contributed by atoms with van der Waals surface area (Å²) >= 11 is 1.44. The molecule has 4 rings (SSSR count). The second-order valence-electron chi connectivity index (χ2n) is 10.1. The van der Waals surface area contributed by atoms with E-state index < -0.39 is 12.0 Å². The number of ether oxygens (including phenoxy) is 3. The molecule has 8 nitrogen and oxygen atoms in total. The van der Waals surface area contributed by atoms with Crippen LogP contribution in [0.5, 0.6) is 11.5 Å². The predicted octanol–water partition coefficient (Wildman–Crippen LogP) is 6.11. The summed E-state index contributed by atoms with van der Waals surface area (Å²) in [5, 5.41) is 5.67. The summed E-state index contributed by atoms with van der Waals surface area (Å²) in [6.45, 7) is 9.85. The number of benzene rings is 2. The van der Waals surface area contributed by atoms with Crippen molar-refractivity contribution >= 4 is 28.8 Å². The Kier molecular flexibility index (Phi) is 9.58. The highest BCUT2D eigenvalue weighted by atomic mass is 32.2. The molecule has 0 radical (unpaired) electrons. The number of nitrogens with zero attached hydrogens (tertiary/aromatic N) is 2. The predicted molar refractivity (Wildman–Crippen MR) is 158 cm³/mol. The van der Waals surface area contributed by atoms with Crippen molar-refractivity contribution in [1.29, 1.82) is 0 Å². The standard InChI is InChI=1S/C31H37N3O5S/c1-7-20(4)32-27(35)16-24-18-40-31-33-21(5)28(30(36)39-19(2)3)29(34(24)31)23-13-14-25(26(15-23)37-6)38-17-22-11-9-8-10-12-22/h8-15,18-20,29H,7,16-17H2,1-6H3,(H,32,35). The van der Waals surface area contributed by atoms with Crippen LogP contribution in [0.4, 0.5) is 0 Å². The Bertz CT molecular complexity index is 1340. The van der Waals surface area contributed by atoms with Crippen molar-refractivity contribution in [3.8, 4) is 11.5 Å². The maximum absolute atomic E-state index is 13.4. The van der Waals surface area contributed by atoms with Gasteiger partial charge in [-0.15, -0.1) is 0 Å². The van der Waals surface area contributed by atoms with Crippen molar-refractivity contribution in [3.05, 3.63) is 82.0 Å². The topological polar surface area (TPSA) is 89.5 Å². The lowest BCUT2D eigenvalue weighted by molar-refractivity contribution is -0.143. The number of carbonyl (C=O) groups excluding carboxylic acids is 2. The van der Waals surface area contributed by atoms with Crippen LogP contribution in [-0.4, -0.2) is 41.2 Å². The van der Waals surface area contributed by atoms with Crippen LogP contribution >= 0.6 is 11.8 Å². The Morgan fingerprint density at radius 2 is 1.85 bits per heavy atom. The van der Waals surface area contributed by atoms with E-state index in [0.29, 0.717) is 34.5 Å². The van der Waals surface area contributed by atoms with Gasteiger partial charge >= 0.3 is 5.97 Å². The highest BCUT2D eigenvalue weighted by molar-refractivity contribution is 8.16. The third-order valence-electron chi connectivity index (χ3n) is 6.67. The number of fused-ring (bicyclic) bond motifs is 1. The molecule has 2 aliphatic heterocycles. The zero-order valence-corrected chi connectivity index (χ0v) is 24.7. The molecule has 40 heavy (non-hydrogen) atoms. The first-order valence-corrected chi connectivity index (χ1v) is 14.4. The largest absolute Gasteiger partial charge is 0.493 e. The van der Waals surface area contributed by atoms with Crippen LogP contribution in [0, 0.1) is 0 Å². The number of hydrogen-bond acceptors (Lipinski definition) is 8. The number of aliphatic imine (C=N–C) groups is 1. The van der Waals surface area contributed by atoms with Crippen LogP contribution in [-0.2, 0) is 20.9 Å². The van der Waals surface area contributed by atoms with Gasteiger partial charge in [0.15, 0.2) is 16.7 Å². The molecule has 212 valence electrons. The van der Waals surface area contributed by atoms with Crippen molar-refractivity contribution in [3.63, 3.8) is 0 Å². The van der Waals surface area contributed by atoms with Crippen molar-refractivity contribution in [1.82, 2.24) is 10.2 Å². The maximum Gasteiger partial charge on any atom is 0.338 e. The van der Waals surface area contributed by atoms with Crippen LogP contribution < -0.4 is 14.8 Å². The zero-order chi connectivity index (χ0) is 28.8. The lowest BCUT2D eigenvalue weighted by atomic mass is 9.93. The van der Waals surface area contributed by atoms with E-state index in [-0.39, 0.29) is 24.5 Å². The molecule has 0 saturated heterocycles. The van der Waals surface area contributed by atoms with E-state index in [1.54, 1.807) is 7.11 Å². The number of hydrogen-bond donors (Lipinski definition) is 1. The van der Waals surface area contributed by atoms with E-state index in [4.69, 9.17) is 19.2 Å². The number of methoxy groups -OCH3 is 1. The SMILES string of the molecule is CCC(C)NC(=O)CC1=CSC2=NC(C)=C(C(=O)OC(C)C)C(c3ccc(OCc4ccccc4)c(OC)c3)N12. The van der Waals surface area contributed by atoms with Crippen LogP contribution in [0.3, 0.4) is 0 Å². The average Bonchev–Trinajstić information content (AvgIpc) is 3.32. The minimum absolute atomic E-state index is 0.0684. The van der Waals surface area contributed by atoms with Crippen molar-refractivity contribution < 1.29 is 23.8 Å². The fraction of sp³-hybridized carbons (Fsp3) is 0.387. The fourth-order valence-electron chi connectivity index (χ4n) is 4.52. The van der Waals surface area contributed by atoms with Gasteiger partial charge in [-0.2, -0.15) is 0 Å². The number of esters is 1. The minimum Gasteiger partial charge on any atom is -0.493 e. The highest BCUT2D eigenvalue weighted by Crippen LogP contribution is 2.46. The quantitative estimate of drug-likeness (QED) is 0.330. The molecule has 9 heteroatoms. The molecule has 2 aromatic rings. The monoisotopic (exact) mass is 563 g/mol. The van der Waals surface area contributed by atoms with Crippen LogP contribution in [0.2, 0.25) is 0 Å². The molecule has 2 unspecified atom stereocenters. The van der Waals surface area contributed by atoms with E-state index >= 15 is 0 Å². The van der Waals surface area contributed by atoms with Gasteiger partial charge in [-0.25, -0.2) is 9.79 Å². The second kappa shape index (κ2) is 13.1. The molecular weight excluding hydrogens is 526 g/mol. The van der Waals surface area contributed by atoms with Gasteiger partial charge in [0.05, 0.1) is 36.9 Å². The lowest BCUT2D eigenvalue weighted by Gasteiger charge is -2.36. The highest BCUT2D eigenvalue weighted by Gasteiger charge is 2.41. The van der Waals surface area contributed by atoms with Crippen LogP contribution in [0.1, 0.15) is 64.6 Å². The molecular formula is C31H37N3O5S. The summed E-state index contributed by atoms with van der Waals surface area (Å²) < 4.78 is 17.5. The first-order valence-electron chi connectivity index (χ1n) is 13.5. The molecule has 2 heterocycles. The van der Waals surface area contributed by atoms with Gasteiger partial charge in [0.1, 0.15) is 6.61 Å². The summed E-state index contributed by atoms with van der Waals surface area (Å²) in [7, 11) is 1.59. The smallest absolute Gasteiger partial charge is 0.338 e. The summed E-state index contributed by atoms with van der Waals surface area (Å²) in [5.74, 6) is 0.606. The van der Waals surface area contributed by atoms with E-state index in [0.717, 1.165) is 23.2 Å². The Balaban J connectivity index is 1.70. The first kappa shape index (κ1) is 29.3. The molecule has 0 bridgehead atoms.